The molecule has 0 bridgehead atoms. The van der Waals surface area contributed by atoms with Crippen molar-refractivity contribution < 1.29 is 4.74 Å². The number of rotatable bonds is 6. The Bertz CT molecular complexity index is 1080. The predicted octanol–water partition coefficient (Wildman–Crippen LogP) is 2.31. The molecule has 8 heteroatoms. The fourth-order valence-electron chi connectivity index (χ4n) is 4.36. The number of piperazine rings is 1. The van der Waals surface area contributed by atoms with Crippen LogP contribution in [0.2, 0.25) is 0 Å². The molecule has 3 heterocycles. The number of anilines is 1. The molecule has 0 radical (unpaired) electrons. The minimum atomic E-state index is -0.0104. The second kappa shape index (κ2) is 8.45. The normalized spacial score (nSPS) is 17.0. The SMILES string of the molecule is COCCn1cnc2cc(N3CCN(Cc4nc5c(s4)CCC5)CC3)ccc2c1=O. The highest BCUT2D eigenvalue weighted by atomic mass is 32.1. The number of hydrogen-bond acceptors (Lipinski definition) is 7. The molecule has 2 aromatic heterocycles. The van der Waals surface area contributed by atoms with Gasteiger partial charge in [0.2, 0.25) is 0 Å². The summed E-state index contributed by atoms with van der Waals surface area (Å²) in [6, 6.07) is 6.00. The second-order valence-corrected chi connectivity index (χ2v) is 9.20. The van der Waals surface area contributed by atoms with Crippen LogP contribution < -0.4 is 10.5 Å². The summed E-state index contributed by atoms with van der Waals surface area (Å²) >= 11 is 1.91. The van der Waals surface area contributed by atoms with Crippen molar-refractivity contribution in [1.29, 1.82) is 0 Å². The Kier molecular flexibility index (Phi) is 5.54. The molecule has 30 heavy (non-hydrogen) atoms. The zero-order valence-electron chi connectivity index (χ0n) is 17.3. The van der Waals surface area contributed by atoms with Gasteiger partial charge in [0.25, 0.3) is 5.56 Å². The van der Waals surface area contributed by atoms with Gasteiger partial charge in [-0.2, -0.15) is 0 Å². The third-order valence-corrected chi connectivity index (χ3v) is 7.22. The third-order valence-electron chi connectivity index (χ3n) is 6.08. The van der Waals surface area contributed by atoms with Crippen LogP contribution in [0.1, 0.15) is 22.0 Å². The average molecular weight is 426 g/mol. The van der Waals surface area contributed by atoms with Gasteiger partial charge in [-0.05, 0) is 37.5 Å². The Balaban J connectivity index is 1.24. The Morgan fingerprint density at radius 2 is 2.03 bits per heavy atom. The largest absolute Gasteiger partial charge is 0.383 e. The molecule has 1 aromatic carbocycles. The van der Waals surface area contributed by atoms with Crippen molar-refractivity contribution in [3.63, 3.8) is 0 Å². The molecule has 1 saturated heterocycles. The van der Waals surface area contributed by atoms with Gasteiger partial charge >= 0.3 is 0 Å². The number of methoxy groups -OCH3 is 1. The number of nitrogens with zero attached hydrogens (tertiary/aromatic N) is 5. The highest BCUT2D eigenvalue weighted by Crippen LogP contribution is 2.28. The molecule has 2 aliphatic rings. The van der Waals surface area contributed by atoms with Crippen molar-refractivity contribution in [3.8, 4) is 0 Å². The number of aromatic nitrogens is 3. The van der Waals surface area contributed by atoms with E-state index < -0.39 is 0 Å². The molecule has 0 atom stereocenters. The van der Waals surface area contributed by atoms with Crippen LogP contribution >= 0.6 is 11.3 Å². The molecular formula is C22H27N5O2S. The van der Waals surface area contributed by atoms with Crippen LogP contribution in [0.25, 0.3) is 10.9 Å². The standard InChI is InChI=1S/C22H27N5O2S/c1-29-12-11-27-15-23-19-13-16(5-6-17(19)22(27)28)26-9-7-25(8-10-26)14-21-24-18-3-2-4-20(18)30-21/h5-6,13,15H,2-4,7-12,14H2,1H3. The summed E-state index contributed by atoms with van der Waals surface area (Å²) in [5.41, 5.74) is 3.23. The number of thiazole rings is 1. The van der Waals surface area contributed by atoms with Crippen LogP contribution in [-0.2, 0) is 30.7 Å². The van der Waals surface area contributed by atoms with E-state index in [4.69, 9.17) is 9.72 Å². The predicted molar refractivity (Wildman–Crippen MR) is 120 cm³/mol. The highest BCUT2D eigenvalue weighted by Gasteiger charge is 2.21. The van der Waals surface area contributed by atoms with E-state index in [-0.39, 0.29) is 5.56 Å². The lowest BCUT2D eigenvalue weighted by Crippen LogP contribution is -2.46. The van der Waals surface area contributed by atoms with Crippen molar-refractivity contribution in [2.24, 2.45) is 0 Å². The Morgan fingerprint density at radius 1 is 1.17 bits per heavy atom. The number of benzene rings is 1. The number of ether oxygens (including phenoxy) is 1. The van der Waals surface area contributed by atoms with Gasteiger partial charge in [0.1, 0.15) is 5.01 Å². The first-order chi connectivity index (χ1) is 14.7. The molecule has 1 aliphatic heterocycles. The van der Waals surface area contributed by atoms with E-state index in [9.17, 15) is 4.79 Å². The molecule has 0 saturated carbocycles. The summed E-state index contributed by atoms with van der Waals surface area (Å²) < 4.78 is 6.68. The van der Waals surface area contributed by atoms with E-state index in [2.05, 4.69) is 14.8 Å². The molecule has 0 spiro atoms. The summed E-state index contributed by atoms with van der Waals surface area (Å²) in [5.74, 6) is 0. The first-order valence-electron chi connectivity index (χ1n) is 10.6. The Hall–Kier alpha value is -2.29. The second-order valence-electron chi connectivity index (χ2n) is 8.03. The van der Waals surface area contributed by atoms with Gasteiger partial charge < -0.3 is 9.64 Å². The summed E-state index contributed by atoms with van der Waals surface area (Å²) in [7, 11) is 1.63. The van der Waals surface area contributed by atoms with E-state index in [0.717, 1.165) is 50.3 Å². The molecule has 0 N–H and O–H groups in total. The molecule has 3 aromatic rings. The summed E-state index contributed by atoms with van der Waals surface area (Å²) in [4.78, 5) is 28.4. The monoisotopic (exact) mass is 425 g/mol. The lowest BCUT2D eigenvalue weighted by atomic mass is 10.2. The van der Waals surface area contributed by atoms with E-state index in [0.29, 0.717) is 18.5 Å². The van der Waals surface area contributed by atoms with Crippen LogP contribution in [0.4, 0.5) is 5.69 Å². The number of fused-ring (bicyclic) bond motifs is 2. The van der Waals surface area contributed by atoms with Crippen LogP contribution in [0, 0.1) is 0 Å². The average Bonchev–Trinajstić information content (AvgIpc) is 3.35. The third kappa shape index (κ3) is 3.87. The van der Waals surface area contributed by atoms with E-state index in [1.165, 1.54) is 28.4 Å². The summed E-state index contributed by atoms with van der Waals surface area (Å²) in [6.45, 7) is 5.97. The molecule has 1 aliphatic carbocycles. The lowest BCUT2D eigenvalue weighted by molar-refractivity contribution is 0.186. The van der Waals surface area contributed by atoms with Gasteiger partial charge in [-0.1, -0.05) is 0 Å². The molecule has 7 nitrogen and oxygen atoms in total. The van der Waals surface area contributed by atoms with E-state index >= 15 is 0 Å². The van der Waals surface area contributed by atoms with Gasteiger partial charge in [0.05, 0.1) is 42.6 Å². The van der Waals surface area contributed by atoms with Crippen molar-refractivity contribution >= 4 is 27.9 Å². The van der Waals surface area contributed by atoms with Gasteiger partial charge in [-0.25, -0.2) is 9.97 Å². The van der Waals surface area contributed by atoms with E-state index in [1.807, 2.05) is 29.5 Å². The van der Waals surface area contributed by atoms with Gasteiger partial charge in [0, 0.05) is 43.9 Å². The molecule has 1 fully saturated rings. The van der Waals surface area contributed by atoms with Crippen LogP contribution in [0.15, 0.2) is 29.3 Å². The highest BCUT2D eigenvalue weighted by molar-refractivity contribution is 7.11. The Morgan fingerprint density at radius 3 is 2.83 bits per heavy atom. The molecule has 0 unspecified atom stereocenters. The van der Waals surface area contributed by atoms with Crippen molar-refractivity contribution in [2.45, 2.75) is 32.4 Å². The van der Waals surface area contributed by atoms with Gasteiger partial charge in [0.15, 0.2) is 0 Å². The maximum absolute atomic E-state index is 12.6. The zero-order chi connectivity index (χ0) is 20.5. The fourth-order valence-corrected chi connectivity index (χ4v) is 5.56. The van der Waals surface area contributed by atoms with Crippen LogP contribution in [0.3, 0.4) is 0 Å². The van der Waals surface area contributed by atoms with Crippen molar-refractivity contribution in [2.75, 3.05) is 44.8 Å². The topological polar surface area (TPSA) is 63.5 Å². The zero-order valence-corrected chi connectivity index (χ0v) is 18.2. The van der Waals surface area contributed by atoms with Crippen molar-refractivity contribution in [3.05, 3.63) is 50.5 Å². The molecule has 158 valence electrons. The maximum atomic E-state index is 12.6. The quantitative estimate of drug-likeness (QED) is 0.604. The van der Waals surface area contributed by atoms with Crippen LogP contribution in [-0.4, -0.2) is 59.3 Å². The van der Waals surface area contributed by atoms with E-state index in [1.54, 1.807) is 18.0 Å². The lowest BCUT2D eigenvalue weighted by Gasteiger charge is -2.35. The maximum Gasteiger partial charge on any atom is 0.261 e. The minimum absolute atomic E-state index is 0.0104. The minimum Gasteiger partial charge on any atom is -0.383 e. The number of hydrogen-bond donors (Lipinski definition) is 0. The molecular weight excluding hydrogens is 398 g/mol. The smallest absolute Gasteiger partial charge is 0.261 e. The van der Waals surface area contributed by atoms with Crippen LogP contribution in [0.5, 0.6) is 0 Å². The fraction of sp³-hybridized carbons (Fsp3) is 0.500. The van der Waals surface area contributed by atoms with Gasteiger partial charge in [-0.15, -0.1) is 11.3 Å². The Labute approximate surface area is 179 Å². The summed E-state index contributed by atoms with van der Waals surface area (Å²) in [6.07, 6.45) is 5.27. The van der Waals surface area contributed by atoms with Crippen molar-refractivity contribution in [1.82, 2.24) is 19.4 Å². The molecule has 5 rings (SSSR count). The first-order valence-corrected chi connectivity index (χ1v) is 11.5. The first kappa shape index (κ1) is 19.7. The molecule has 0 amide bonds. The number of aryl methyl sites for hydroxylation is 2. The summed E-state index contributed by atoms with van der Waals surface area (Å²) in [5, 5.41) is 1.93. The van der Waals surface area contributed by atoms with Gasteiger partial charge in [-0.3, -0.25) is 14.3 Å².